The second-order valence-electron chi connectivity index (χ2n) is 7.12. The Kier molecular flexibility index (Phi) is 5.65. The van der Waals surface area contributed by atoms with Gasteiger partial charge in [-0.25, -0.2) is 8.42 Å². The van der Waals surface area contributed by atoms with E-state index in [4.69, 9.17) is 4.42 Å². The number of fused-ring (bicyclic) bond motifs is 1. The highest BCUT2D eigenvalue weighted by Gasteiger charge is 2.25. The highest BCUT2D eigenvalue weighted by atomic mass is 32.2. The molecule has 0 spiro atoms. The molecule has 0 radical (unpaired) electrons. The summed E-state index contributed by atoms with van der Waals surface area (Å²) in [7, 11) is -3.77. The minimum absolute atomic E-state index is 0.0166. The van der Waals surface area contributed by atoms with Gasteiger partial charge in [0.25, 0.3) is 10.0 Å². The molecule has 2 aromatic heterocycles. The lowest BCUT2D eigenvalue weighted by molar-refractivity contribution is 0.104. The molecule has 0 fully saturated rings. The number of sulfonamides is 1. The molecule has 0 aliphatic carbocycles. The number of anilines is 1. The molecule has 0 saturated heterocycles. The van der Waals surface area contributed by atoms with E-state index in [9.17, 15) is 13.2 Å². The number of aryl methyl sites for hydroxylation is 1. The number of carbonyl (C=O) groups excluding carboxylic acids is 1. The first-order valence-electron chi connectivity index (χ1n) is 10.0. The highest BCUT2D eigenvalue weighted by molar-refractivity contribution is 8.04. The Balaban J connectivity index is 1.33. The van der Waals surface area contributed by atoms with Crippen molar-refractivity contribution in [3.63, 3.8) is 0 Å². The molecule has 0 bridgehead atoms. The topological polar surface area (TPSA) is 102 Å². The molecule has 1 N–H and O–H groups in total. The third-order valence-corrected chi connectivity index (χ3v) is 8.48. The zero-order valence-electron chi connectivity index (χ0n) is 17.3. The van der Waals surface area contributed by atoms with E-state index in [1.807, 2.05) is 31.2 Å². The maximum absolute atomic E-state index is 12.6. The minimum atomic E-state index is -3.77. The van der Waals surface area contributed by atoms with Crippen LogP contribution in [-0.2, 0) is 16.4 Å². The molecular formula is C23H17N3O4S3. The van der Waals surface area contributed by atoms with Crippen LogP contribution in [0.4, 0.5) is 5.13 Å². The number of nitrogens with zero attached hydrogens (tertiary/aromatic N) is 2. The smallest absolute Gasteiger partial charge is 0.263 e. The number of nitrogens with one attached hydrogen (secondary N) is 1. The van der Waals surface area contributed by atoms with Gasteiger partial charge in [-0.05, 0) is 61.0 Å². The van der Waals surface area contributed by atoms with Crippen LogP contribution in [0.15, 0.2) is 79.8 Å². The van der Waals surface area contributed by atoms with Crippen LogP contribution in [0.5, 0.6) is 0 Å². The SMILES string of the molecule is CCc1nnc(NS(=O)(=O)c2ccc(-c3ccc(/C=C4\Sc5ccccc5C4=O)o3)cc2)s1. The van der Waals surface area contributed by atoms with E-state index in [2.05, 4.69) is 14.9 Å². The van der Waals surface area contributed by atoms with Gasteiger partial charge >= 0.3 is 0 Å². The van der Waals surface area contributed by atoms with Crippen LogP contribution < -0.4 is 4.72 Å². The zero-order chi connectivity index (χ0) is 23.0. The van der Waals surface area contributed by atoms with E-state index in [1.54, 1.807) is 30.3 Å². The minimum Gasteiger partial charge on any atom is -0.457 e. The molecule has 1 aliphatic rings. The van der Waals surface area contributed by atoms with Crippen molar-refractivity contribution in [1.29, 1.82) is 0 Å². The van der Waals surface area contributed by atoms with E-state index >= 15 is 0 Å². The number of aromatic nitrogens is 2. The van der Waals surface area contributed by atoms with Gasteiger partial charge in [0.2, 0.25) is 10.9 Å². The summed E-state index contributed by atoms with van der Waals surface area (Å²) >= 11 is 2.63. The van der Waals surface area contributed by atoms with E-state index in [0.717, 1.165) is 15.5 Å². The first-order chi connectivity index (χ1) is 15.9. The van der Waals surface area contributed by atoms with Crippen LogP contribution in [0, 0.1) is 0 Å². The Morgan fingerprint density at radius 3 is 2.55 bits per heavy atom. The fourth-order valence-electron chi connectivity index (χ4n) is 3.26. The molecule has 2 aromatic carbocycles. The van der Waals surface area contributed by atoms with E-state index in [1.165, 1.54) is 35.2 Å². The number of allylic oxidation sites excluding steroid dienone is 1. The van der Waals surface area contributed by atoms with Gasteiger partial charge < -0.3 is 4.42 Å². The fraction of sp³-hybridized carbons (Fsp3) is 0.0870. The van der Waals surface area contributed by atoms with E-state index < -0.39 is 10.0 Å². The third kappa shape index (κ3) is 4.37. The first-order valence-corrected chi connectivity index (χ1v) is 13.1. The average Bonchev–Trinajstić information content (AvgIpc) is 3.54. The summed E-state index contributed by atoms with van der Waals surface area (Å²) in [4.78, 5) is 14.2. The Labute approximate surface area is 198 Å². The van der Waals surface area contributed by atoms with Crippen LogP contribution in [0.1, 0.15) is 28.0 Å². The van der Waals surface area contributed by atoms with Crippen molar-refractivity contribution < 1.29 is 17.6 Å². The molecule has 4 aromatic rings. The molecular weight excluding hydrogens is 478 g/mol. The first kappa shape index (κ1) is 21.6. The van der Waals surface area contributed by atoms with Crippen LogP contribution in [0.2, 0.25) is 0 Å². The van der Waals surface area contributed by atoms with Gasteiger partial charge in [-0.15, -0.1) is 10.2 Å². The maximum atomic E-state index is 12.6. The van der Waals surface area contributed by atoms with Gasteiger partial charge in [-0.1, -0.05) is 42.2 Å². The van der Waals surface area contributed by atoms with Crippen LogP contribution in [-0.4, -0.2) is 24.4 Å². The van der Waals surface area contributed by atoms with Crippen molar-refractivity contribution in [3.8, 4) is 11.3 Å². The lowest BCUT2D eigenvalue weighted by atomic mass is 10.1. The van der Waals surface area contributed by atoms with Crippen LogP contribution >= 0.6 is 23.1 Å². The number of rotatable bonds is 6. The fourth-order valence-corrected chi connectivity index (χ4v) is 6.20. The molecule has 1 aliphatic heterocycles. The molecule has 7 nitrogen and oxygen atoms in total. The van der Waals surface area contributed by atoms with Crippen molar-refractivity contribution in [1.82, 2.24) is 10.2 Å². The van der Waals surface area contributed by atoms with Crippen molar-refractivity contribution in [2.45, 2.75) is 23.1 Å². The Morgan fingerprint density at radius 2 is 1.82 bits per heavy atom. The summed E-state index contributed by atoms with van der Waals surface area (Å²) in [5, 5.41) is 8.78. The second kappa shape index (κ2) is 8.62. The van der Waals surface area contributed by atoms with Gasteiger partial charge in [0, 0.05) is 16.0 Å². The Morgan fingerprint density at radius 1 is 1.03 bits per heavy atom. The number of ketones is 1. The normalized spacial score (nSPS) is 14.6. The summed E-state index contributed by atoms with van der Waals surface area (Å²) in [6, 6.07) is 17.4. The molecule has 0 amide bonds. The summed E-state index contributed by atoms with van der Waals surface area (Å²) < 4.78 is 33.6. The quantitative estimate of drug-likeness (QED) is 0.353. The summed E-state index contributed by atoms with van der Waals surface area (Å²) in [5.74, 6) is 1.11. The van der Waals surface area contributed by atoms with Gasteiger partial charge in [-0.2, -0.15) is 0 Å². The summed E-state index contributed by atoms with van der Waals surface area (Å²) in [6.07, 6.45) is 2.42. The van der Waals surface area contributed by atoms with Crippen molar-refractivity contribution >= 4 is 50.1 Å². The molecule has 0 unspecified atom stereocenters. The maximum Gasteiger partial charge on any atom is 0.263 e. The van der Waals surface area contributed by atoms with Gasteiger partial charge in [0.05, 0.1) is 9.80 Å². The number of hydrogen-bond donors (Lipinski definition) is 1. The Bertz CT molecular complexity index is 1490. The highest BCUT2D eigenvalue weighted by Crippen LogP contribution is 2.41. The lowest BCUT2D eigenvalue weighted by Gasteiger charge is -2.05. The monoisotopic (exact) mass is 495 g/mol. The lowest BCUT2D eigenvalue weighted by Crippen LogP contribution is -2.12. The van der Waals surface area contributed by atoms with Crippen LogP contribution in [0.3, 0.4) is 0 Å². The number of carbonyl (C=O) groups is 1. The molecule has 3 heterocycles. The number of Topliss-reactive ketones (excluding diaryl/α,β-unsaturated/α-hetero) is 1. The predicted octanol–water partition coefficient (Wildman–Crippen LogP) is 5.49. The molecule has 0 saturated carbocycles. The standard InChI is InChI=1S/C23H17N3O4S3/c1-2-21-24-25-23(32-21)26-33(28,29)16-10-7-14(8-11-16)18-12-9-15(30-18)13-20-22(27)17-5-3-4-6-19(17)31-20/h3-13H,2H2,1H3,(H,25,26)/b20-13-. The van der Waals surface area contributed by atoms with Crippen molar-refractivity contribution in [3.05, 3.63) is 81.9 Å². The average molecular weight is 496 g/mol. The van der Waals surface area contributed by atoms with Crippen LogP contribution in [0.25, 0.3) is 17.4 Å². The van der Waals surface area contributed by atoms with Crippen molar-refractivity contribution in [2.75, 3.05) is 4.72 Å². The van der Waals surface area contributed by atoms with E-state index in [0.29, 0.717) is 28.4 Å². The summed E-state index contributed by atoms with van der Waals surface area (Å²) in [5.41, 5.74) is 1.42. The van der Waals surface area contributed by atoms with Gasteiger partial charge in [0.15, 0.2) is 0 Å². The largest absolute Gasteiger partial charge is 0.457 e. The number of benzene rings is 2. The molecule has 10 heteroatoms. The second-order valence-corrected chi connectivity index (χ2v) is 11.0. The predicted molar refractivity (Wildman–Crippen MR) is 129 cm³/mol. The number of furan rings is 1. The van der Waals surface area contributed by atoms with E-state index in [-0.39, 0.29) is 15.8 Å². The van der Waals surface area contributed by atoms with Gasteiger partial charge in [-0.3, -0.25) is 9.52 Å². The molecule has 166 valence electrons. The van der Waals surface area contributed by atoms with Crippen molar-refractivity contribution in [2.24, 2.45) is 0 Å². The zero-order valence-corrected chi connectivity index (χ0v) is 19.8. The number of thioether (sulfide) groups is 1. The Hall–Kier alpha value is -3.21. The molecule has 0 atom stereocenters. The van der Waals surface area contributed by atoms with Gasteiger partial charge in [0.1, 0.15) is 16.5 Å². The summed E-state index contributed by atoms with van der Waals surface area (Å²) in [6.45, 7) is 1.93. The molecule has 5 rings (SSSR count). The third-order valence-electron chi connectivity index (χ3n) is 4.92. The molecule has 33 heavy (non-hydrogen) atoms. The number of hydrogen-bond acceptors (Lipinski definition) is 8.